The van der Waals surface area contributed by atoms with Crippen molar-refractivity contribution >= 4 is 0 Å². The number of aromatic nitrogens is 1. The normalized spacial score (nSPS) is 10.9. The fraction of sp³-hybridized carbons (Fsp3) is 0.312. The Labute approximate surface area is 123 Å². The minimum atomic E-state index is -0.612. The van der Waals surface area contributed by atoms with Crippen LogP contribution in [-0.2, 0) is 13.1 Å². The fourth-order valence-electron chi connectivity index (χ4n) is 1.92. The zero-order valence-corrected chi connectivity index (χ0v) is 12.1. The quantitative estimate of drug-likeness (QED) is 0.858. The third-order valence-corrected chi connectivity index (χ3v) is 2.90. The van der Waals surface area contributed by atoms with Crippen molar-refractivity contribution in [2.75, 3.05) is 0 Å². The number of halogens is 1. The molecule has 1 heterocycles. The van der Waals surface area contributed by atoms with Gasteiger partial charge in [-0.25, -0.2) is 9.37 Å². The molecule has 2 aromatic rings. The van der Waals surface area contributed by atoms with Crippen LogP contribution < -0.4 is 10.1 Å². The monoisotopic (exact) mass is 290 g/mol. The molecule has 2 N–H and O–H groups in total. The highest BCUT2D eigenvalue weighted by atomic mass is 19.1. The molecule has 0 unspecified atom stereocenters. The van der Waals surface area contributed by atoms with Gasteiger partial charge in [0, 0.05) is 30.4 Å². The van der Waals surface area contributed by atoms with Crippen molar-refractivity contribution in [2.24, 2.45) is 0 Å². The van der Waals surface area contributed by atoms with Gasteiger partial charge in [-0.15, -0.1) is 0 Å². The number of hydrogen-bond donors (Lipinski definition) is 2. The summed E-state index contributed by atoms with van der Waals surface area (Å²) >= 11 is 0. The van der Waals surface area contributed by atoms with Gasteiger partial charge in [0.2, 0.25) is 5.88 Å². The molecule has 1 aromatic heterocycles. The standard InChI is InChI=1S/C16H19FN2O2/c1-11(2)21-16-13(6-4-8-19-16)10-18-9-12-5-3-7-14(17)15(12)20/h3-8,11,18,20H,9-10H2,1-2H3. The van der Waals surface area contributed by atoms with Crippen molar-refractivity contribution in [1.82, 2.24) is 10.3 Å². The van der Waals surface area contributed by atoms with E-state index in [0.717, 1.165) is 5.56 Å². The van der Waals surface area contributed by atoms with E-state index in [-0.39, 0.29) is 11.9 Å². The van der Waals surface area contributed by atoms with E-state index in [0.29, 0.717) is 24.5 Å². The van der Waals surface area contributed by atoms with E-state index in [1.807, 2.05) is 26.0 Å². The van der Waals surface area contributed by atoms with Crippen LogP contribution in [-0.4, -0.2) is 16.2 Å². The van der Waals surface area contributed by atoms with Crippen LogP contribution in [0.5, 0.6) is 11.6 Å². The summed E-state index contributed by atoms with van der Waals surface area (Å²) in [6, 6.07) is 8.24. The van der Waals surface area contributed by atoms with Crippen molar-refractivity contribution in [3.8, 4) is 11.6 Å². The van der Waals surface area contributed by atoms with Crippen LogP contribution in [0.3, 0.4) is 0 Å². The molecule has 0 aliphatic carbocycles. The minimum absolute atomic E-state index is 0.0471. The highest BCUT2D eigenvalue weighted by molar-refractivity contribution is 5.33. The van der Waals surface area contributed by atoms with Gasteiger partial charge in [0.25, 0.3) is 0 Å². The maximum atomic E-state index is 13.2. The Hall–Kier alpha value is -2.14. The van der Waals surface area contributed by atoms with Crippen molar-refractivity contribution < 1.29 is 14.2 Å². The molecule has 2 rings (SSSR count). The number of nitrogens with one attached hydrogen (secondary N) is 1. The molecule has 0 bridgehead atoms. The number of phenols is 1. The lowest BCUT2D eigenvalue weighted by Gasteiger charge is -2.13. The van der Waals surface area contributed by atoms with Crippen LogP contribution in [0.4, 0.5) is 4.39 Å². The SMILES string of the molecule is CC(C)Oc1ncccc1CNCc1cccc(F)c1O. The highest BCUT2D eigenvalue weighted by Crippen LogP contribution is 2.21. The molecule has 1 aromatic carbocycles. The number of pyridine rings is 1. The van der Waals surface area contributed by atoms with Gasteiger partial charge in [0.05, 0.1) is 6.10 Å². The molecular formula is C16H19FN2O2. The zero-order valence-electron chi connectivity index (χ0n) is 12.1. The second-order valence-corrected chi connectivity index (χ2v) is 4.99. The smallest absolute Gasteiger partial charge is 0.218 e. The van der Waals surface area contributed by atoms with Crippen LogP contribution >= 0.6 is 0 Å². The van der Waals surface area contributed by atoms with E-state index < -0.39 is 5.82 Å². The Morgan fingerprint density at radius 1 is 1.19 bits per heavy atom. The van der Waals surface area contributed by atoms with Gasteiger partial charge in [0.1, 0.15) is 0 Å². The summed E-state index contributed by atoms with van der Waals surface area (Å²) in [7, 11) is 0. The maximum Gasteiger partial charge on any atom is 0.218 e. The topological polar surface area (TPSA) is 54.4 Å². The van der Waals surface area contributed by atoms with Crippen LogP contribution in [0.2, 0.25) is 0 Å². The number of para-hydroxylation sites is 1. The van der Waals surface area contributed by atoms with Crippen molar-refractivity contribution in [3.63, 3.8) is 0 Å². The van der Waals surface area contributed by atoms with E-state index in [1.165, 1.54) is 6.07 Å². The molecule has 112 valence electrons. The number of benzene rings is 1. The fourth-order valence-corrected chi connectivity index (χ4v) is 1.92. The van der Waals surface area contributed by atoms with E-state index in [4.69, 9.17) is 4.74 Å². The predicted molar refractivity (Wildman–Crippen MR) is 78.6 cm³/mol. The first-order valence-corrected chi connectivity index (χ1v) is 6.85. The number of rotatable bonds is 6. The lowest BCUT2D eigenvalue weighted by atomic mass is 10.2. The van der Waals surface area contributed by atoms with Crippen LogP contribution in [0.1, 0.15) is 25.0 Å². The summed E-state index contributed by atoms with van der Waals surface area (Å²) in [5.41, 5.74) is 1.44. The van der Waals surface area contributed by atoms with E-state index in [9.17, 15) is 9.50 Å². The van der Waals surface area contributed by atoms with Gasteiger partial charge in [0.15, 0.2) is 11.6 Å². The van der Waals surface area contributed by atoms with Crippen LogP contribution in [0, 0.1) is 5.82 Å². The number of hydrogen-bond acceptors (Lipinski definition) is 4. The number of ether oxygens (including phenoxy) is 1. The Balaban J connectivity index is 1.99. The largest absolute Gasteiger partial charge is 0.505 e. The Bertz CT molecular complexity index is 603. The van der Waals surface area contributed by atoms with Crippen LogP contribution in [0.25, 0.3) is 0 Å². The molecule has 0 radical (unpaired) electrons. The Kier molecular flexibility index (Phi) is 5.11. The van der Waals surface area contributed by atoms with Gasteiger partial charge in [-0.3, -0.25) is 0 Å². The van der Waals surface area contributed by atoms with Crippen LogP contribution in [0.15, 0.2) is 36.5 Å². The van der Waals surface area contributed by atoms with Gasteiger partial charge in [-0.1, -0.05) is 18.2 Å². The predicted octanol–water partition coefficient (Wildman–Crippen LogP) is 3.00. The molecule has 0 saturated heterocycles. The molecule has 0 fully saturated rings. The molecule has 21 heavy (non-hydrogen) atoms. The number of nitrogens with zero attached hydrogens (tertiary/aromatic N) is 1. The first-order chi connectivity index (χ1) is 10.1. The lowest BCUT2D eigenvalue weighted by Crippen LogP contribution is -2.16. The molecule has 0 saturated carbocycles. The summed E-state index contributed by atoms with van der Waals surface area (Å²) in [6.45, 7) is 4.76. The maximum absolute atomic E-state index is 13.2. The lowest BCUT2D eigenvalue weighted by molar-refractivity contribution is 0.229. The molecule has 5 heteroatoms. The molecule has 0 atom stereocenters. The summed E-state index contributed by atoms with van der Waals surface area (Å²) in [5.74, 6) is -0.335. The van der Waals surface area contributed by atoms with Gasteiger partial charge in [-0.2, -0.15) is 0 Å². The van der Waals surface area contributed by atoms with Gasteiger partial charge < -0.3 is 15.2 Å². The molecule has 0 aliphatic heterocycles. The second kappa shape index (κ2) is 7.04. The molecular weight excluding hydrogens is 271 g/mol. The summed E-state index contributed by atoms with van der Waals surface area (Å²) in [4.78, 5) is 4.20. The highest BCUT2D eigenvalue weighted by Gasteiger charge is 2.08. The Morgan fingerprint density at radius 2 is 1.90 bits per heavy atom. The third kappa shape index (κ3) is 4.16. The zero-order chi connectivity index (χ0) is 15.2. The van der Waals surface area contributed by atoms with Gasteiger partial charge in [-0.05, 0) is 26.0 Å². The van der Waals surface area contributed by atoms with E-state index in [1.54, 1.807) is 18.3 Å². The first kappa shape index (κ1) is 15.3. The van der Waals surface area contributed by atoms with Crippen molar-refractivity contribution in [2.45, 2.75) is 33.0 Å². The average Bonchev–Trinajstić information content (AvgIpc) is 2.45. The van der Waals surface area contributed by atoms with Crippen molar-refractivity contribution in [3.05, 3.63) is 53.5 Å². The molecule has 0 amide bonds. The van der Waals surface area contributed by atoms with E-state index >= 15 is 0 Å². The average molecular weight is 290 g/mol. The third-order valence-electron chi connectivity index (χ3n) is 2.90. The number of aromatic hydroxyl groups is 1. The summed E-state index contributed by atoms with van der Waals surface area (Å²) in [6.07, 6.45) is 1.73. The molecule has 0 spiro atoms. The van der Waals surface area contributed by atoms with E-state index in [2.05, 4.69) is 10.3 Å². The first-order valence-electron chi connectivity index (χ1n) is 6.85. The Morgan fingerprint density at radius 3 is 2.67 bits per heavy atom. The molecule has 0 aliphatic rings. The summed E-state index contributed by atoms with van der Waals surface area (Å²) in [5, 5.41) is 12.8. The molecule has 4 nitrogen and oxygen atoms in total. The minimum Gasteiger partial charge on any atom is -0.505 e. The van der Waals surface area contributed by atoms with Crippen molar-refractivity contribution in [1.29, 1.82) is 0 Å². The summed E-state index contributed by atoms with van der Waals surface area (Å²) < 4.78 is 18.9. The second-order valence-electron chi connectivity index (χ2n) is 4.99. The van der Waals surface area contributed by atoms with Gasteiger partial charge >= 0.3 is 0 Å². The number of phenolic OH excluding ortho intramolecular Hbond substituents is 1.